The van der Waals surface area contributed by atoms with Crippen molar-refractivity contribution in [2.24, 2.45) is 11.8 Å². The summed E-state index contributed by atoms with van der Waals surface area (Å²) in [4.78, 5) is 22.4. The monoisotopic (exact) mass is 275 g/mol. The first-order valence-corrected chi connectivity index (χ1v) is 6.61. The predicted octanol–water partition coefficient (Wildman–Crippen LogP) is 2.18. The van der Waals surface area contributed by atoms with Crippen LogP contribution in [-0.4, -0.2) is 28.4 Å². The summed E-state index contributed by atoms with van der Waals surface area (Å²) in [5.41, 5.74) is -0.821. The number of carbonyl (C=O) groups excluding carboxylic acids is 1. The maximum atomic E-state index is 13.2. The van der Waals surface area contributed by atoms with Crippen molar-refractivity contribution in [3.8, 4) is 0 Å². The van der Waals surface area contributed by atoms with Crippen LogP contribution in [0.3, 0.4) is 0 Å². The van der Waals surface area contributed by atoms with Gasteiger partial charge in [-0.15, -0.1) is 0 Å². The lowest BCUT2D eigenvalue weighted by Gasteiger charge is -2.36. The Kier molecular flexibility index (Phi) is 3.53. The van der Waals surface area contributed by atoms with Crippen molar-refractivity contribution in [2.75, 3.05) is 0 Å². The van der Waals surface area contributed by atoms with Crippen LogP contribution < -0.4 is 5.32 Å². The Labute approximate surface area is 110 Å². The largest absolute Gasteiger partial charge is 0.481 e. The molecule has 1 unspecified atom stereocenters. The lowest BCUT2D eigenvalue weighted by Crippen LogP contribution is -2.49. The number of carboxylic acids is 1. The average Bonchev–Trinajstić information content (AvgIpc) is 2.45. The van der Waals surface area contributed by atoms with Crippen molar-refractivity contribution in [3.63, 3.8) is 0 Å². The van der Waals surface area contributed by atoms with E-state index in [1.165, 1.54) is 0 Å². The molecule has 0 saturated heterocycles. The second kappa shape index (κ2) is 4.72. The van der Waals surface area contributed by atoms with E-state index < -0.39 is 17.4 Å². The van der Waals surface area contributed by atoms with E-state index in [0.717, 1.165) is 0 Å². The van der Waals surface area contributed by atoms with Gasteiger partial charge < -0.3 is 10.4 Å². The van der Waals surface area contributed by atoms with Gasteiger partial charge in [0, 0.05) is 30.7 Å². The van der Waals surface area contributed by atoms with Crippen LogP contribution in [0.4, 0.5) is 8.78 Å². The Bertz CT molecular complexity index is 393. The Morgan fingerprint density at radius 1 is 1.32 bits per heavy atom. The van der Waals surface area contributed by atoms with Gasteiger partial charge in [0.25, 0.3) is 5.92 Å². The second-order valence-electron chi connectivity index (χ2n) is 6.21. The maximum Gasteiger partial charge on any atom is 0.303 e. The molecule has 2 aliphatic carbocycles. The zero-order chi connectivity index (χ0) is 14.3. The topological polar surface area (TPSA) is 66.4 Å². The zero-order valence-electron chi connectivity index (χ0n) is 10.9. The minimum Gasteiger partial charge on any atom is -0.481 e. The fraction of sp³-hybridized carbons (Fsp3) is 0.846. The van der Waals surface area contributed by atoms with E-state index in [1.807, 2.05) is 0 Å². The number of hydrogen-bond acceptors (Lipinski definition) is 2. The molecule has 0 bridgehead atoms. The Morgan fingerprint density at radius 2 is 1.95 bits per heavy atom. The van der Waals surface area contributed by atoms with E-state index >= 15 is 0 Å². The summed E-state index contributed by atoms with van der Waals surface area (Å²) < 4.78 is 26.4. The van der Waals surface area contributed by atoms with Crippen LogP contribution in [0.1, 0.15) is 45.4 Å². The van der Waals surface area contributed by atoms with E-state index in [9.17, 15) is 18.4 Å². The van der Waals surface area contributed by atoms with Gasteiger partial charge in [0.1, 0.15) is 0 Å². The van der Waals surface area contributed by atoms with Crippen LogP contribution in [-0.2, 0) is 9.59 Å². The molecule has 0 heterocycles. The summed E-state index contributed by atoms with van der Waals surface area (Å²) >= 11 is 0. The van der Waals surface area contributed by atoms with E-state index in [1.54, 1.807) is 6.92 Å². The molecule has 2 fully saturated rings. The predicted molar refractivity (Wildman–Crippen MR) is 63.8 cm³/mol. The minimum atomic E-state index is -2.69. The normalized spacial score (nSPS) is 36.6. The fourth-order valence-corrected chi connectivity index (χ4v) is 3.08. The summed E-state index contributed by atoms with van der Waals surface area (Å²) in [6.07, 6.45) is 0.971. The molecule has 1 amide bonds. The van der Waals surface area contributed by atoms with Crippen LogP contribution in [0.25, 0.3) is 0 Å². The fourth-order valence-electron chi connectivity index (χ4n) is 3.08. The third-order valence-electron chi connectivity index (χ3n) is 4.19. The summed E-state index contributed by atoms with van der Waals surface area (Å²) in [7, 11) is 0. The van der Waals surface area contributed by atoms with E-state index in [-0.39, 0.29) is 43.4 Å². The molecule has 0 radical (unpaired) electrons. The molecule has 6 heteroatoms. The smallest absolute Gasteiger partial charge is 0.303 e. The first-order valence-electron chi connectivity index (χ1n) is 6.61. The highest BCUT2D eigenvalue weighted by molar-refractivity contribution is 5.80. The number of amides is 1. The standard InChI is InChI=1S/C13H19F2NO3/c1-12(2-3-13(14,15)7-12)16-11(19)9-4-8(5-9)6-10(17)18/h8-9H,2-7H2,1H3,(H,16,19)(H,17,18). The van der Waals surface area contributed by atoms with Gasteiger partial charge in [0.2, 0.25) is 5.91 Å². The summed E-state index contributed by atoms with van der Waals surface area (Å²) in [6.45, 7) is 1.65. The van der Waals surface area contributed by atoms with Crippen LogP contribution >= 0.6 is 0 Å². The number of alkyl halides is 2. The number of rotatable bonds is 4. The highest BCUT2D eigenvalue weighted by Crippen LogP contribution is 2.42. The van der Waals surface area contributed by atoms with Gasteiger partial charge in [-0.1, -0.05) is 0 Å². The highest BCUT2D eigenvalue weighted by atomic mass is 19.3. The molecule has 19 heavy (non-hydrogen) atoms. The molecule has 2 aliphatic rings. The molecule has 2 rings (SSSR count). The first-order chi connectivity index (χ1) is 8.69. The van der Waals surface area contributed by atoms with Crippen LogP contribution in [0.15, 0.2) is 0 Å². The molecule has 0 aromatic rings. The van der Waals surface area contributed by atoms with Crippen molar-refractivity contribution in [1.29, 1.82) is 0 Å². The molecular weight excluding hydrogens is 256 g/mol. The van der Waals surface area contributed by atoms with E-state index in [0.29, 0.717) is 12.8 Å². The Morgan fingerprint density at radius 3 is 2.42 bits per heavy atom. The summed E-state index contributed by atoms with van der Waals surface area (Å²) in [6, 6.07) is 0. The van der Waals surface area contributed by atoms with Gasteiger partial charge in [-0.25, -0.2) is 8.78 Å². The number of aliphatic carboxylic acids is 1. The van der Waals surface area contributed by atoms with Crippen LogP contribution in [0.5, 0.6) is 0 Å². The molecule has 0 aromatic heterocycles. The van der Waals surface area contributed by atoms with Gasteiger partial charge in [-0.3, -0.25) is 9.59 Å². The molecule has 2 N–H and O–H groups in total. The number of carboxylic acid groups (broad SMARTS) is 1. The van der Waals surface area contributed by atoms with Crippen molar-refractivity contribution in [3.05, 3.63) is 0 Å². The quantitative estimate of drug-likeness (QED) is 0.826. The van der Waals surface area contributed by atoms with Crippen molar-refractivity contribution >= 4 is 11.9 Å². The maximum absolute atomic E-state index is 13.2. The summed E-state index contributed by atoms with van der Waals surface area (Å²) in [5, 5.41) is 11.3. The first kappa shape index (κ1) is 14.2. The molecule has 2 saturated carbocycles. The molecule has 0 aliphatic heterocycles. The average molecular weight is 275 g/mol. The number of hydrogen-bond donors (Lipinski definition) is 2. The Balaban J connectivity index is 1.79. The second-order valence-corrected chi connectivity index (χ2v) is 6.21. The lowest BCUT2D eigenvalue weighted by atomic mass is 9.72. The SMILES string of the molecule is CC1(NC(=O)C2CC(CC(=O)O)C2)CCC(F)(F)C1. The molecular formula is C13H19F2NO3. The van der Waals surface area contributed by atoms with E-state index in [2.05, 4.69) is 5.32 Å². The van der Waals surface area contributed by atoms with Gasteiger partial charge in [0.15, 0.2) is 0 Å². The van der Waals surface area contributed by atoms with Crippen LogP contribution in [0, 0.1) is 11.8 Å². The molecule has 0 spiro atoms. The van der Waals surface area contributed by atoms with Gasteiger partial charge in [-0.05, 0) is 32.1 Å². The molecule has 108 valence electrons. The van der Waals surface area contributed by atoms with Gasteiger partial charge >= 0.3 is 5.97 Å². The van der Waals surface area contributed by atoms with Crippen molar-refractivity contribution in [2.45, 2.75) is 56.9 Å². The number of halogens is 2. The lowest BCUT2D eigenvalue weighted by molar-refractivity contribution is -0.141. The highest BCUT2D eigenvalue weighted by Gasteiger charge is 2.48. The molecule has 4 nitrogen and oxygen atoms in total. The molecule has 0 aromatic carbocycles. The van der Waals surface area contributed by atoms with E-state index in [4.69, 9.17) is 5.11 Å². The third kappa shape index (κ3) is 3.42. The van der Waals surface area contributed by atoms with Crippen molar-refractivity contribution in [1.82, 2.24) is 5.32 Å². The number of nitrogens with one attached hydrogen (secondary N) is 1. The number of carbonyl (C=O) groups is 2. The minimum absolute atomic E-state index is 0.0473. The Hall–Kier alpha value is -1.20. The zero-order valence-corrected chi connectivity index (χ0v) is 10.9. The van der Waals surface area contributed by atoms with Crippen molar-refractivity contribution < 1.29 is 23.5 Å². The van der Waals surface area contributed by atoms with Gasteiger partial charge in [-0.2, -0.15) is 0 Å². The molecule has 1 atom stereocenters. The van der Waals surface area contributed by atoms with Crippen LogP contribution in [0.2, 0.25) is 0 Å². The summed E-state index contributed by atoms with van der Waals surface area (Å²) in [5.74, 6) is -3.91. The van der Waals surface area contributed by atoms with Gasteiger partial charge in [0.05, 0.1) is 0 Å². The third-order valence-corrected chi connectivity index (χ3v) is 4.19.